The number of aryl methyl sites for hydroxylation is 1. The van der Waals surface area contributed by atoms with Crippen molar-refractivity contribution in [2.75, 3.05) is 6.54 Å². The molecule has 1 aromatic heterocycles. The van der Waals surface area contributed by atoms with E-state index >= 15 is 0 Å². The molecule has 0 saturated carbocycles. The van der Waals surface area contributed by atoms with Crippen molar-refractivity contribution >= 4 is 11.9 Å². The molecule has 0 aromatic carbocycles. The van der Waals surface area contributed by atoms with E-state index in [1.54, 1.807) is 6.33 Å². The first-order valence-corrected chi connectivity index (χ1v) is 5.62. The fourth-order valence-corrected chi connectivity index (χ4v) is 1.45. The smallest absolute Gasteiger partial charge is 0.327 e. The van der Waals surface area contributed by atoms with Crippen molar-refractivity contribution in [3.8, 4) is 0 Å². The average Bonchev–Trinajstić information content (AvgIpc) is 2.74. The highest BCUT2D eigenvalue weighted by Gasteiger charge is 2.17. The molecule has 0 saturated heterocycles. The van der Waals surface area contributed by atoms with E-state index in [4.69, 9.17) is 5.11 Å². The number of hydrogen-bond donors (Lipinski definition) is 3. The number of carbonyl (C=O) groups is 2. The van der Waals surface area contributed by atoms with E-state index < -0.39 is 12.0 Å². The quantitative estimate of drug-likeness (QED) is 0.575. The Balaban J connectivity index is 2.43. The average molecular weight is 255 g/mol. The van der Waals surface area contributed by atoms with Gasteiger partial charge in [0.15, 0.2) is 0 Å². The van der Waals surface area contributed by atoms with Crippen LogP contribution < -0.4 is 10.6 Å². The maximum Gasteiger partial charge on any atom is 0.327 e. The Hall–Kier alpha value is -1.96. The zero-order chi connectivity index (χ0) is 13.5. The van der Waals surface area contributed by atoms with Crippen LogP contribution in [0, 0.1) is 0 Å². The number of rotatable bonds is 7. The van der Waals surface area contributed by atoms with Gasteiger partial charge in [0.25, 0.3) is 0 Å². The van der Waals surface area contributed by atoms with E-state index in [2.05, 4.69) is 20.8 Å². The van der Waals surface area contributed by atoms with E-state index in [0.29, 0.717) is 6.54 Å². The number of aromatic nitrogens is 3. The van der Waals surface area contributed by atoms with Crippen molar-refractivity contribution in [2.24, 2.45) is 0 Å². The Bertz CT molecular complexity index is 417. The van der Waals surface area contributed by atoms with Crippen LogP contribution in [0.5, 0.6) is 0 Å². The van der Waals surface area contributed by atoms with Crippen molar-refractivity contribution in [2.45, 2.75) is 33.0 Å². The molecule has 1 aromatic rings. The predicted molar refractivity (Wildman–Crippen MR) is 62.6 cm³/mol. The standard InChI is InChI=1S/C10H17N5O3/c1-3-15-6-12-14-9(15)5-11-4-8(10(17)18)13-7(2)16/h6,8,11H,3-5H2,1-2H3,(H,13,16)(H,17,18). The number of carboxylic acids is 1. The maximum absolute atomic E-state index is 10.9. The monoisotopic (exact) mass is 255 g/mol. The lowest BCUT2D eigenvalue weighted by molar-refractivity contribution is -0.141. The summed E-state index contributed by atoms with van der Waals surface area (Å²) in [5, 5.41) is 21.8. The number of carboxylic acid groups (broad SMARTS) is 1. The van der Waals surface area contributed by atoms with Gasteiger partial charge in [0.05, 0.1) is 6.54 Å². The summed E-state index contributed by atoms with van der Waals surface area (Å²) in [7, 11) is 0. The highest BCUT2D eigenvalue weighted by molar-refractivity contribution is 5.82. The molecule has 1 rings (SSSR count). The highest BCUT2D eigenvalue weighted by atomic mass is 16.4. The lowest BCUT2D eigenvalue weighted by Gasteiger charge is -2.13. The summed E-state index contributed by atoms with van der Waals surface area (Å²) in [6, 6.07) is -0.944. The second kappa shape index (κ2) is 6.70. The third-order valence-electron chi connectivity index (χ3n) is 2.34. The molecule has 0 bridgehead atoms. The number of hydrogen-bond acceptors (Lipinski definition) is 5. The minimum atomic E-state index is -1.07. The fourth-order valence-electron chi connectivity index (χ4n) is 1.45. The van der Waals surface area contributed by atoms with Crippen LogP contribution in [0.4, 0.5) is 0 Å². The number of amides is 1. The van der Waals surface area contributed by atoms with Gasteiger partial charge in [-0.15, -0.1) is 10.2 Å². The fraction of sp³-hybridized carbons (Fsp3) is 0.600. The highest BCUT2D eigenvalue weighted by Crippen LogP contribution is 1.94. The summed E-state index contributed by atoms with van der Waals surface area (Å²) in [6.45, 7) is 4.52. The molecular weight excluding hydrogens is 238 g/mol. The van der Waals surface area contributed by atoms with E-state index in [1.807, 2.05) is 11.5 Å². The molecule has 100 valence electrons. The van der Waals surface area contributed by atoms with Gasteiger partial charge < -0.3 is 20.3 Å². The number of nitrogens with one attached hydrogen (secondary N) is 2. The number of carbonyl (C=O) groups excluding carboxylic acids is 1. The Labute approximate surface area is 104 Å². The van der Waals surface area contributed by atoms with Crippen molar-refractivity contribution in [3.05, 3.63) is 12.2 Å². The maximum atomic E-state index is 10.9. The van der Waals surface area contributed by atoms with Gasteiger partial charge in [-0.2, -0.15) is 0 Å². The lowest BCUT2D eigenvalue weighted by Crippen LogP contribution is -2.46. The van der Waals surface area contributed by atoms with Gasteiger partial charge in [0, 0.05) is 20.0 Å². The first kappa shape index (κ1) is 14.1. The molecule has 8 heteroatoms. The molecule has 1 amide bonds. The Kier molecular flexibility index (Phi) is 5.25. The van der Waals surface area contributed by atoms with Crippen molar-refractivity contribution in [1.29, 1.82) is 0 Å². The summed E-state index contributed by atoms with van der Waals surface area (Å²) >= 11 is 0. The van der Waals surface area contributed by atoms with Gasteiger partial charge in [-0.25, -0.2) is 4.79 Å². The van der Waals surface area contributed by atoms with Crippen LogP contribution in [-0.4, -0.2) is 44.3 Å². The van der Waals surface area contributed by atoms with Crippen LogP contribution in [0.25, 0.3) is 0 Å². The van der Waals surface area contributed by atoms with Crippen LogP contribution in [0.1, 0.15) is 19.7 Å². The minimum absolute atomic E-state index is 0.130. The molecule has 8 nitrogen and oxygen atoms in total. The van der Waals surface area contributed by atoms with Gasteiger partial charge in [-0.1, -0.05) is 0 Å². The van der Waals surface area contributed by atoms with Gasteiger partial charge >= 0.3 is 5.97 Å². The Morgan fingerprint density at radius 3 is 2.83 bits per heavy atom. The molecule has 18 heavy (non-hydrogen) atoms. The first-order valence-electron chi connectivity index (χ1n) is 5.62. The summed E-state index contributed by atoms with van der Waals surface area (Å²) < 4.78 is 1.85. The molecule has 0 radical (unpaired) electrons. The largest absolute Gasteiger partial charge is 0.480 e. The molecule has 3 N–H and O–H groups in total. The van der Waals surface area contributed by atoms with Crippen molar-refractivity contribution in [1.82, 2.24) is 25.4 Å². The van der Waals surface area contributed by atoms with Crippen molar-refractivity contribution in [3.63, 3.8) is 0 Å². The van der Waals surface area contributed by atoms with Crippen LogP contribution in [-0.2, 0) is 22.7 Å². The Morgan fingerprint density at radius 1 is 1.56 bits per heavy atom. The normalized spacial score (nSPS) is 12.1. The second-order valence-corrected chi connectivity index (χ2v) is 3.76. The lowest BCUT2D eigenvalue weighted by atomic mass is 10.3. The molecule has 0 spiro atoms. The van der Waals surface area contributed by atoms with Gasteiger partial charge in [0.2, 0.25) is 5.91 Å². The molecule has 1 atom stereocenters. The third kappa shape index (κ3) is 4.13. The zero-order valence-corrected chi connectivity index (χ0v) is 10.4. The number of nitrogens with zero attached hydrogens (tertiary/aromatic N) is 3. The van der Waals surface area contributed by atoms with E-state index in [9.17, 15) is 9.59 Å². The first-order chi connectivity index (χ1) is 8.54. The van der Waals surface area contributed by atoms with Crippen LogP contribution >= 0.6 is 0 Å². The number of aliphatic carboxylic acids is 1. The summed E-state index contributed by atoms with van der Waals surface area (Å²) in [4.78, 5) is 21.7. The molecule has 0 aliphatic carbocycles. The molecule has 1 heterocycles. The van der Waals surface area contributed by atoms with Crippen LogP contribution in [0.15, 0.2) is 6.33 Å². The van der Waals surface area contributed by atoms with E-state index in [0.717, 1.165) is 12.4 Å². The second-order valence-electron chi connectivity index (χ2n) is 3.76. The molecule has 1 unspecified atom stereocenters. The topological polar surface area (TPSA) is 109 Å². The van der Waals surface area contributed by atoms with E-state index in [-0.39, 0.29) is 12.5 Å². The van der Waals surface area contributed by atoms with Crippen LogP contribution in [0.3, 0.4) is 0 Å². The Morgan fingerprint density at radius 2 is 2.28 bits per heavy atom. The zero-order valence-electron chi connectivity index (χ0n) is 10.4. The molecule has 0 fully saturated rings. The van der Waals surface area contributed by atoms with Gasteiger partial charge in [0.1, 0.15) is 18.2 Å². The van der Waals surface area contributed by atoms with Gasteiger partial charge in [-0.05, 0) is 6.92 Å². The summed E-state index contributed by atoms with van der Waals surface area (Å²) in [5.74, 6) is -0.722. The summed E-state index contributed by atoms with van der Waals surface area (Å²) in [6.07, 6.45) is 1.61. The minimum Gasteiger partial charge on any atom is -0.480 e. The summed E-state index contributed by atoms with van der Waals surface area (Å²) in [5.41, 5.74) is 0. The predicted octanol–water partition coefficient (Wildman–Crippen LogP) is -1.02. The SMILES string of the molecule is CCn1cnnc1CNCC(NC(C)=O)C(=O)O. The molecule has 0 aliphatic heterocycles. The molecular formula is C10H17N5O3. The molecule has 0 aliphatic rings. The third-order valence-corrected chi connectivity index (χ3v) is 2.34. The van der Waals surface area contributed by atoms with E-state index in [1.165, 1.54) is 6.92 Å². The van der Waals surface area contributed by atoms with Crippen molar-refractivity contribution < 1.29 is 14.7 Å². The van der Waals surface area contributed by atoms with Gasteiger partial charge in [-0.3, -0.25) is 4.79 Å². The van der Waals surface area contributed by atoms with Crippen LogP contribution in [0.2, 0.25) is 0 Å².